The third-order valence-corrected chi connectivity index (χ3v) is 5.43. The van der Waals surface area contributed by atoms with E-state index in [0.29, 0.717) is 12.2 Å². The molecule has 0 N–H and O–H groups in total. The van der Waals surface area contributed by atoms with Gasteiger partial charge in [0.15, 0.2) is 5.78 Å². The summed E-state index contributed by atoms with van der Waals surface area (Å²) >= 11 is 0. The first-order chi connectivity index (χ1) is 15.7. The second-order valence-corrected chi connectivity index (χ2v) is 9.04. The number of hydrogen-bond donors (Lipinski definition) is 0. The Morgan fingerprint density at radius 3 is 2.24 bits per heavy atom. The van der Waals surface area contributed by atoms with Gasteiger partial charge in [0.05, 0.1) is 14.2 Å². The van der Waals surface area contributed by atoms with Crippen LogP contribution in [0.2, 0.25) is 0 Å². The van der Waals surface area contributed by atoms with Gasteiger partial charge in [-0.05, 0) is 77.6 Å². The van der Waals surface area contributed by atoms with Gasteiger partial charge in [0, 0.05) is 11.1 Å². The molecule has 0 atom stereocenters. The van der Waals surface area contributed by atoms with Crippen molar-refractivity contribution in [3.8, 4) is 17.2 Å². The van der Waals surface area contributed by atoms with Gasteiger partial charge in [0.25, 0.3) is 0 Å². The minimum Gasteiger partial charge on any atom is -0.497 e. The third-order valence-electron chi connectivity index (χ3n) is 5.43. The zero-order valence-electron chi connectivity index (χ0n) is 20.3. The van der Waals surface area contributed by atoms with Crippen LogP contribution in [-0.4, -0.2) is 20.0 Å². The largest absolute Gasteiger partial charge is 0.497 e. The number of carbonyl (C=O) groups is 1. The topological polar surface area (TPSA) is 44.8 Å². The Balaban J connectivity index is 1.79. The van der Waals surface area contributed by atoms with Crippen LogP contribution in [0.5, 0.6) is 17.2 Å². The lowest BCUT2D eigenvalue weighted by Crippen LogP contribution is -2.13. The lowest BCUT2D eigenvalue weighted by atomic mass is 9.86. The molecule has 0 amide bonds. The maximum atomic E-state index is 12.5. The van der Waals surface area contributed by atoms with Crippen LogP contribution in [0.3, 0.4) is 0 Å². The third kappa shape index (κ3) is 6.26. The SMILES string of the molecule is COc1ccc(C(=O)/C=C/c2ccc(OC)c(COc3cc(C)ccc3C(C)(C)C)c2)cc1. The number of carbonyl (C=O) groups excluding carboxylic acids is 1. The number of aryl methyl sites for hydroxylation is 1. The van der Waals surface area contributed by atoms with Crippen molar-refractivity contribution in [2.75, 3.05) is 14.2 Å². The molecule has 0 unspecified atom stereocenters. The second kappa shape index (κ2) is 10.4. The molecular formula is C29H32O4. The van der Waals surface area contributed by atoms with Crippen molar-refractivity contribution < 1.29 is 19.0 Å². The van der Waals surface area contributed by atoms with E-state index >= 15 is 0 Å². The van der Waals surface area contributed by atoms with Gasteiger partial charge in [0.2, 0.25) is 0 Å². The van der Waals surface area contributed by atoms with Crippen molar-refractivity contribution in [1.82, 2.24) is 0 Å². The fourth-order valence-corrected chi connectivity index (χ4v) is 3.56. The molecule has 172 valence electrons. The predicted octanol–water partition coefficient (Wildman–Crippen LogP) is 6.78. The van der Waals surface area contributed by atoms with E-state index in [4.69, 9.17) is 14.2 Å². The molecule has 0 heterocycles. The summed E-state index contributed by atoms with van der Waals surface area (Å²) < 4.78 is 17.0. The number of allylic oxidation sites excluding steroid dienone is 1. The first kappa shape index (κ1) is 24.1. The predicted molar refractivity (Wildman–Crippen MR) is 134 cm³/mol. The van der Waals surface area contributed by atoms with Crippen LogP contribution in [0.25, 0.3) is 6.08 Å². The molecule has 3 rings (SSSR count). The summed E-state index contributed by atoms with van der Waals surface area (Å²) in [5.41, 5.74) is 4.71. The van der Waals surface area contributed by atoms with Gasteiger partial charge in [0.1, 0.15) is 23.9 Å². The molecule has 0 aromatic heterocycles. The number of hydrogen-bond acceptors (Lipinski definition) is 4. The lowest BCUT2D eigenvalue weighted by Gasteiger charge is -2.23. The standard InChI is InChI=1S/C29H32O4/c1-20-7-14-25(29(2,3)4)28(17-20)33-19-23-18-21(9-16-27(23)32-6)8-15-26(30)22-10-12-24(31-5)13-11-22/h7-18H,19H2,1-6H3/b15-8+. The minimum atomic E-state index is -0.0687. The van der Waals surface area contributed by atoms with Gasteiger partial charge in [-0.1, -0.05) is 45.0 Å². The first-order valence-electron chi connectivity index (χ1n) is 11.0. The lowest BCUT2D eigenvalue weighted by molar-refractivity contribution is 0.104. The fraction of sp³-hybridized carbons (Fsp3) is 0.276. The number of rotatable bonds is 8. The van der Waals surface area contributed by atoms with Crippen LogP contribution < -0.4 is 14.2 Å². The first-order valence-corrected chi connectivity index (χ1v) is 11.0. The van der Waals surface area contributed by atoms with E-state index in [2.05, 4.69) is 45.9 Å². The van der Waals surface area contributed by atoms with E-state index in [1.54, 1.807) is 44.6 Å². The van der Waals surface area contributed by atoms with Crippen molar-refractivity contribution in [1.29, 1.82) is 0 Å². The average Bonchev–Trinajstić information content (AvgIpc) is 2.80. The molecule has 4 heteroatoms. The van der Waals surface area contributed by atoms with E-state index in [1.165, 1.54) is 0 Å². The normalized spacial score (nSPS) is 11.5. The summed E-state index contributed by atoms with van der Waals surface area (Å²) in [5.74, 6) is 2.28. The molecule has 0 saturated carbocycles. The smallest absolute Gasteiger partial charge is 0.185 e. The van der Waals surface area contributed by atoms with Gasteiger partial charge < -0.3 is 14.2 Å². The van der Waals surface area contributed by atoms with Crippen molar-refractivity contribution in [2.45, 2.75) is 39.7 Å². The quantitative estimate of drug-likeness (QED) is 0.284. The molecular weight excluding hydrogens is 412 g/mol. The molecule has 0 spiro atoms. The molecule has 0 saturated heterocycles. The molecule has 3 aromatic carbocycles. The molecule has 0 fully saturated rings. The van der Waals surface area contributed by atoms with E-state index in [-0.39, 0.29) is 11.2 Å². The molecule has 0 aliphatic rings. The van der Waals surface area contributed by atoms with E-state index in [1.807, 2.05) is 24.3 Å². The van der Waals surface area contributed by atoms with Gasteiger partial charge in [-0.15, -0.1) is 0 Å². The zero-order valence-corrected chi connectivity index (χ0v) is 20.3. The number of ketones is 1. The van der Waals surface area contributed by atoms with Crippen LogP contribution in [0.15, 0.2) is 66.7 Å². The van der Waals surface area contributed by atoms with Gasteiger partial charge in [-0.3, -0.25) is 4.79 Å². The zero-order chi connectivity index (χ0) is 24.0. The maximum Gasteiger partial charge on any atom is 0.185 e. The highest BCUT2D eigenvalue weighted by atomic mass is 16.5. The number of benzene rings is 3. The Morgan fingerprint density at radius 1 is 0.879 bits per heavy atom. The Hall–Kier alpha value is -3.53. The van der Waals surface area contributed by atoms with Crippen molar-refractivity contribution >= 4 is 11.9 Å². The molecule has 3 aromatic rings. The number of methoxy groups -OCH3 is 2. The summed E-state index contributed by atoms with van der Waals surface area (Å²) in [4.78, 5) is 12.5. The molecule has 0 aliphatic carbocycles. The summed E-state index contributed by atoms with van der Waals surface area (Å²) in [5, 5.41) is 0. The van der Waals surface area contributed by atoms with Crippen molar-refractivity contribution in [2.24, 2.45) is 0 Å². The van der Waals surface area contributed by atoms with E-state index < -0.39 is 0 Å². The van der Waals surface area contributed by atoms with Crippen molar-refractivity contribution in [3.63, 3.8) is 0 Å². The van der Waals surface area contributed by atoms with Crippen LogP contribution in [0.4, 0.5) is 0 Å². The highest BCUT2D eigenvalue weighted by Crippen LogP contribution is 2.33. The van der Waals surface area contributed by atoms with Crippen LogP contribution in [0, 0.1) is 6.92 Å². The van der Waals surface area contributed by atoms with Crippen LogP contribution in [0.1, 0.15) is 53.4 Å². The Labute approximate surface area is 196 Å². The highest BCUT2D eigenvalue weighted by Gasteiger charge is 2.19. The molecule has 33 heavy (non-hydrogen) atoms. The Kier molecular flexibility index (Phi) is 7.59. The average molecular weight is 445 g/mol. The minimum absolute atomic E-state index is 0.0283. The summed E-state index contributed by atoms with van der Waals surface area (Å²) in [6, 6.07) is 19.2. The van der Waals surface area contributed by atoms with Crippen LogP contribution in [-0.2, 0) is 12.0 Å². The molecule has 0 bridgehead atoms. The van der Waals surface area contributed by atoms with Gasteiger partial charge in [-0.2, -0.15) is 0 Å². The molecule has 4 nitrogen and oxygen atoms in total. The maximum absolute atomic E-state index is 12.5. The van der Waals surface area contributed by atoms with Gasteiger partial charge in [-0.25, -0.2) is 0 Å². The fourth-order valence-electron chi connectivity index (χ4n) is 3.56. The molecule has 0 radical (unpaired) electrons. The molecule has 0 aliphatic heterocycles. The van der Waals surface area contributed by atoms with E-state index in [9.17, 15) is 4.79 Å². The Morgan fingerprint density at radius 2 is 1.61 bits per heavy atom. The number of ether oxygens (including phenoxy) is 3. The highest BCUT2D eigenvalue weighted by molar-refractivity contribution is 6.06. The van der Waals surface area contributed by atoms with Crippen LogP contribution >= 0.6 is 0 Å². The monoisotopic (exact) mass is 444 g/mol. The summed E-state index contributed by atoms with van der Waals surface area (Å²) in [7, 11) is 3.25. The summed E-state index contributed by atoms with van der Waals surface area (Å²) in [6.07, 6.45) is 3.38. The van der Waals surface area contributed by atoms with Crippen molar-refractivity contribution in [3.05, 3.63) is 94.6 Å². The van der Waals surface area contributed by atoms with E-state index in [0.717, 1.165) is 39.5 Å². The second-order valence-electron chi connectivity index (χ2n) is 9.04. The van der Waals surface area contributed by atoms with Gasteiger partial charge >= 0.3 is 0 Å². The Bertz CT molecular complexity index is 1140. The summed E-state index contributed by atoms with van der Waals surface area (Å²) in [6.45, 7) is 8.96.